The van der Waals surface area contributed by atoms with Gasteiger partial charge in [0.05, 0.1) is 22.3 Å². The van der Waals surface area contributed by atoms with E-state index in [0.717, 1.165) is 5.56 Å². The van der Waals surface area contributed by atoms with Crippen LogP contribution in [-0.2, 0) is 4.79 Å². The molecule has 10 nitrogen and oxygen atoms in total. The van der Waals surface area contributed by atoms with Gasteiger partial charge in [0.25, 0.3) is 5.56 Å². The van der Waals surface area contributed by atoms with Gasteiger partial charge in [-0.3, -0.25) is 19.3 Å². The molecule has 0 bridgehead atoms. The van der Waals surface area contributed by atoms with Gasteiger partial charge < -0.3 is 4.52 Å². The molecule has 0 spiro atoms. The van der Waals surface area contributed by atoms with E-state index in [4.69, 9.17) is 4.52 Å². The van der Waals surface area contributed by atoms with Crippen molar-refractivity contribution in [2.45, 2.75) is 19.0 Å². The lowest BCUT2D eigenvalue weighted by molar-refractivity contribution is -0.114. The summed E-state index contributed by atoms with van der Waals surface area (Å²) in [7, 11) is 0. The highest BCUT2D eigenvalue weighted by atomic mass is 32.2. The van der Waals surface area contributed by atoms with Gasteiger partial charge in [-0.25, -0.2) is 4.57 Å². The monoisotopic (exact) mass is 447 g/mol. The number of hydrogen-bond donors (Lipinski definition) is 1. The molecule has 2 aromatic carbocycles. The van der Waals surface area contributed by atoms with Gasteiger partial charge in [0.15, 0.2) is 11.0 Å². The zero-order chi connectivity index (χ0) is 22.2. The van der Waals surface area contributed by atoms with Gasteiger partial charge in [-0.1, -0.05) is 46.7 Å². The van der Waals surface area contributed by atoms with Crippen molar-refractivity contribution >= 4 is 40.4 Å². The molecule has 5 rings (SSSR count). The molecule has 32 heavy (non-hydrogen) atoms. The van der Waals surface area contributed by atoms with E-state index in [0.29, 0.717) is 33.3 Å². The summed E-state index contributed by atoms with van der Waals surface area (Å²) < 4.78 is 8.22. The molecule has 0 aliphatic heterocycles. The van der Waals surface area contributed by atoms with Gasteiger partial charge in [-0.05, 0) is 38.1 Å². The second-order valence-corrected chi connectivity index (χ2v) is 8.04. The number of para-hydroxylation sites is 1. The van der Waals surface area contributed by atoms with E-state index in [1.165, 1.54) is 16.3 Å². The van der Waals surface area contributed by atoms with Crippen molar-refractivity contribution in [1.82, 2.24) is 29.3 Å². The van der Waals surface area contributed by atoms with Gasteiger partial charge >= 0.3 is 6.01 Å². The molecule has 160 valence electrons. The summed E-state index contributed by atoms with van der Waals surface area (Å²) in [6.45, 7) is 3.64. The number of aryl methyl sites for hydroxylation is 2. The molecule has 0 atom stereocenters. The van der Waals surface area contributed by atoms with E-state index >= 15 is 0 Å². The number of fused-ring (bicyclic) bond motifs is 3. The first-order chi connectivity index (χ1) is 15.5. The molecule has 1 amide bonds. The van der Waals surface area contributed by atoms with Crippen LogP contribution in [0, 0.1) is 13.8 Å². The maximum Gasteiger partial charge on any atom is 0.328 e. The summed E-state index contributed by atoms with van der Waals surface area (Å²) in [5, 5.41) is 15.7. The number of rotatable bonds is 5. The molecule has 11 heteroatoms. The van der Waals surface area contributed by atoms with Crippen molar-refractivity contribution in [2.75, 3.05) is 11.1 Å². The van der Waals surface area contributed by atoms with Gasteiger partial charge in [0.1, 0.15) is 0 Å². The highest BCUT2D eigenvalue weighted by Crippen LogP contribution is 2.23. The van der Waals surface area contributed by atoms with Crippen LogP contribution in [0.3, 0.4) is 0 Å². The molecule has 3 heterocycles. The lowest BCUT2D eigenvalue weighted by Crippen LogP contribution is -2.22. The van der Waals surface area contributed by atoms with Crippen LogP contribution in [0.2, 0.25) is 0 Å². The lowest BCUT2D eigenvalue weighted by atomic mass is 10.2. The number of amides is 1. The molecule has 0 aliphatic carbocycles. The normalized spacial score (nSPS) is 11.3. The Kier molecular flexibility index (Phi) is 4.94. The van der Waals surface area contributed by atoms with E-state index in [9.17, 15) is 9.59 Å². The molecular weight excluding hydrogens is 430 g/mol. The molecule has 1 N–H and O–H groups in total. The fourth-order valence-corrected chi connectivity index (χ4v) is 4.07. The molecular formula is C21H17N7O3S. The molecule has 3 aromatic heterocycles. The number of hydrogen-bond acceptors (Lipinski definition) is 8. The van der Waals surface area contributed by atoms with E-state index in [-0.39, 0.29) is 23.2 Å². The second-order valence-electron chi connectivity index (χ2n) is 7.09. The Labute approximate surface area is 185 Å². The number of nitrogens with zero attached hydrogens (tertiary/aromatic N) is 6. The SMILES string of the molecule is Cc1ccc(-n2c(=O)c3ccccc3n3c(SCC(=O)Nc4nc(C)no4)nnc23)cc1. The average Bonchev–Trinajstić information content (AvgIpc) is 3.39. The van der Waals surface area contributed by atoms with E-state index in [1.807, 2.05) is 49.4 Å². The van der Waals surface area contributed by atoms with Crippen molar-refractivity contribution in [2.24, 2.45) is 0 Å². The van der Waals surface area contributed by atoms with Crippen LogP contribution < -0.4 is 10.9 Å². The average molecular weight is 447 g/mol. The standard InChI is InChI=1S/C21H17N7O3S/c1-12-7-9-14(10-8-12)27-18(30)15-5-3-4-6-16(15)28-20(27)24-25-21(28)32-11-17(29)23-19-22-13(2)26-31-19/h3-10H,11H2,1-2H3,(H,22,23,26,29). The predicted molar refractivity (Wildman–Crippen MR) is 119 cm³/mol. The molecule has 0 aliphatic rings. The maximum absolute atomic E-state index is 13.3. The molecule has 0 saturated carbocycles. The summed E-state index contributed by atoms with van der Waals surface area (Å²) in [6, 6.07) is 14.9. The third-order valence-corrected chi connectivity index (χ3v) is 5.72. The van der Waals surface area contributed by atoms with Gasteiger partial charge in [0.2, 0.25) is 11.7 Å². The largest absolute Gasteiger partial charge is 0.328 e. The Hall–Kier alpha value is -3.99. The number of carbonyl (C=O) groups excluding carboxylic acids is 1. The predicted octanol–water partition coefficient (Wildman–Crippen LogP) is 2.76. The fraction of sp³-hybridized carbons (Fsp3) is 0.143. The van der Waals surface area contributed by atoms with E-state index in [2.05, 4.69) is 25.7 Å². The minimum atomic E-state index is -0.327. The second kappa shape index (κ2) is 7.93. The van der Waals surface area contributed by atoms with Crippen molar-refractivity contribution in [3.05, 3.63) is 70.3 Å². The minimum Gasteiger partial charge on any atom is -0.315 e. The Morgan fingerprint density at radius 2 is 1.88 bits per heavy atom. The summed E-state index contributed by atoms with van der Waals surface area (Å²) in [4.78, 5) is 29.6. The first kappa shape index (κ1) is 19.9. The van der Waals surface area contributed by atoms with Crippen molar-refractivity contribution in [3.8, 4) is 5.69 Å². The smallest absolute Gasteiger partial charge is 0.315 e. The topological polar surface area (TPSA) is 120 Å². The molecule has 0 unspecified atom stereocenters. The number of nitrogens with one attached hydrogen (secondary N) is 1. The number of benzene rings is 2. The Bertz CT molecular complexity index is 1520. The number of anilines is 1. The number of aromatic nitrogens is 6. The Morgan fingerprint density at radius 1 is 1.09 bits per heavy atom. The Balaban J connectivity index is 1.57. The number of thioether (sulfide) groups is 1. The van der Waals surface area contributed by atoms with Crippen LogP contribution in [0.25, 0.3) is 22.4 Å². The summed E-state index contributed by atoms with van der Waals surface area (Å²) in [5.41, 5.74) is 2.24. The van der Waals surface area contributed by atoms with Crippen LogP contribution in [0.15, 0.2) is 63.0 Å². The van der Waals surface area contributed by atoms with Crippen molar-refractivity contribution in [3.63, 3.8) is 0 Å². The van der Waals surface area contributed by atoms with Crippen LogP contribution in [0.1, 0.15) is 11.4 Å². The molecule has 0 fully saturated rings. The zero-order valence-electron chi connectivity index (χ0n) is 17.1. The lowest BCUT2D eigenvalue weighted by Gasteiger charge is -2.11. The Morgan fingerprint density at radius 3 is 2.62 bits per heavy atom. The third kappa shape index (κ3) is 3.52. The molecule has 5 aromatic rings. The highest BCUT2D eigenvalue weighted by molar-refractivity contribution is 7.99. The number of carbonyl (C=O) groups is 1. The van der Waals surface area contributed by atoms with Crippen molar-refractivity contribution in [1.29, 1.82) is 0 Å². The minimum absolute atomic E-state index is 0.0397. The van der Waals surface area contributed by atoms with Crippen LogP contribution in [0.5, 0.6) is 0 Å². The van der Waals surface area contributed by atoms with Gasteiger partial charge in [-0.2, -0.15) is 4.98 Å². The van der Waals surface area contributed by atoms with Crippen LogP contribution in [-0.4, -0.2) is 41.0 Å². The summed E-state index contributed by atoms with van der Waals surface area (Å²) in [6.07, 6.45) is 0. The third-order valence-electron chi connectivity index (χ3n) is 4.79. The van der Waals surface area contributed by atoms with Gasteiger partial charge in [0, 0.05) is 0 Å². The first-order valence-electron chi connectivity index (χ1n) is 9.70. The maximum atomic E-state index is 13.3. The van der Waals surface area contributed by atoms with Crippen LogP contribution in [0.4, 0.5) is 6.01 Å². The zero-order valence-corrected chi connectivity index (χ0v) is 18.0. The summed E-state index contributed by atoms with van der Waals surface area (Å²) in [5.74, 6) is 0.511. The summed E-state index contributed by atoms with van der Waals surface area (Å²) >= 11 is 1.19. The molecule has 0 radical (unpaired) electrons. The van der Waals surface area contributed by atoms with E-state index in [1.54, 1.807) is 17.4 Å². The first-order valence-corrected chi connectivity index (χ1v) is 10.7. The van der Waals surface area contributed by atoms with Crippen LogP contribution >= 0.6 is 11.8 Å². The highest BCUT2D eigenvalue weighted by Gasteiger charge is 2.19. The fourth-order valence-electron chi connectivity index (χ4n) is 3.33. The quantitative estimate of drug-likeness (QED) is 0.408. The molecule has 0 saturated heterocycles. The van der Waals surface area contributed by atoms with E-state index < -0.39 is 0 Å². The van der Waals surface area contributed by atoms with Gasteiger partial charge in [-0.15, -0.1) is 10.2 Å². The van der Waals surface area contributed by atoms with Crippen molar-refractivity contribution < 1.29 is 9.32 Å².